The van der Waals surface area contributed by atoms with Gasteiger partial charge in [-0.25, -0.2) is 0 Å². The van der Waals surface area contributed by atoms with Crippen molar-refractivity contribution in [2.45, 2.75) is 45.1 Å². The van der Waals surface area contributed by atoms with Crippen LogP contribution in [0.4, 0.5) is 0 Å². The zero-order valence-corrected chi connectivity index (χ0v) is 8.18. The van der Waals surface area contributed by atoms with Crippen LogP contribution in [-0.2, 0) is 0 Å². The number of rotatable bonds is 4. The fraction of sp³-hybridized carbons (Fsp3) is 1.00. The van der Waals surface area contributed by atoms with Crippen molar-refractivity contribution in [1.82, 2.24) is 5.32 Å². The summed E-state index contributed by atoms with van der Waals surface area (Å²) in [6, 6.07) is 0.785. The molecule has 0 saturated heterocycles. The van der Waals surface area contributed by atoms with Crippen LogP contribution < -0.4 is 11.1 Å². The molecular weight excluding hydrogens is 148 g/mol. The second-order valence-electron chi connectivity index (χ2n) is 4.05. The fourth-order valence-electron chi connectivity index (χ4n) is 1.87. The lowest BCUT2D eigenvalue weighted by molar-refractivity contribution is 0.307. The minimum atomic E-state index is 0.785. The molecule has 3 N–H and O–H groups in total. The topological polar surface area (TPSA) is 38.0 Å². The van der Waals surface area contributed by atoms with Gasteiger partial charge < -0.3 is 11.1 Å². The summed E-state index contributed by atoms with van der Waals surface area (Å²) in [4.78, 5) is 0. The van der Waals surface area contributed by atoms with Crippen LogP contribution in [0.5, 0.6) is 0 Å². The molecular formula is C10H22N2. The molecule has 1 saturated carbocycles. The van der Waals surface area contributed by atoms with Gasteiger partial charge in [-0.05, 0) is 51.1 Å². The van der Waals surface area contributed by atoms with E-state index in [1.54, 1.807) is 0 Å². The summed E-state index contributed by atoms with van der Waals surface area (Å²) < 4.78 is 0. The lowest BCUT2D eigenvalue weighted by Crippen LogP contribution is -2.34. The van der Waals surface area contributed by atoms with Crippen molar-refractivity contribution < 1.29 is 0 Å². The Hall–Kier alpha value is -0.0800. The number of hydrogen-bond donors (Lipinski definition) is 2. The lowest BCUT2D eigenvalue weighted by atomic mass is 9.87. The van der Waals surface area contributed by atoms with E-state index in [-0.39, 0.29) is 0 Å². The van der Waals surface area contributed by atoms with Gasteiger partial charge in [0.25, 0.3) is 0 Å². The van der Waals surface area contributed by atoms with Crippen LogP contribution in [0.15, 0.2) is 0 Å². The summed E-state index contributed by atoms with van der Waals surface area (Å²) in [6.07, 6.45) is 6.66. The zero-order valence-electron chi connectivity index (χ0n) is 8.18. The first-order valence-corrected chi connectivity index (χ1v) is 5.26. The quantitative estimate of drug-likeness (QED) is 0.628. The Kier molecular flexibility index (Phi) is 4.62. The molecule has 0 spiro atoms. The fourth-order valence-corrected chi connectivity index (χ4v) is 1.87. The molecule has 0 aromatic rings. The monoisotopic (exact) mass is 170 g/mol. The molecule has 12 heavy (non-hydrogen) atoms. The third kappa shape index (κ3) is 3.55. The molecule has 1 fully saturated rings. The van der Waals surface area contributed by atoms with Crippen molar-refractivity contribution in [3.8, 4) is 0 Å². The van der Waals surface area contributed by atoms with Crippen LogP contribution in [0, 0.1) is 5.92 Å². The van der Waals surface area contributed by atoms with Crippen molar-refractivity contribution in [1.29, 1.82) is 0 Å². The molecule has 0 bridgehead atoms. The van der Waals surface area contributed by atoms with Gasteiger partial charge in [0, 0.05) is 6.04 Å². The highest BCUT2D eigenvalue weighted by atomic mass is 14.9. The maximum atomic E-state index is 5.43. The average Bonchev–Trinajstić information content (AvgIpc) is 2.09. The van der Waals surface area contributed by atoms with Gasteiger partial charge in [0.1, 0.15) is 0 Å². The van der Waals surface area contributed by atoms with Crippen LogP contribution in [-0.4, -0.2) is 19.1 Å². The zero-order chi connectivity index (χ0) is 8.81. The highest BCUT2D eigenvalue weighted by molar-refractivity contribution is 4.74. The molecule has 2 nitrogen and oxygen atoms in total. The van der Waals surface area contributed by atoms with Crippen molar-refractivity contribution in [2.24, 2.45) is 11.7 Å². The SMILES string of the molecule is CC1CCC(NCCCN)CC1. The van der Waals surface area contributed by atoms with E-state index in [4.69, 9.17) is 5.73 Å². The minimum Gasteiger partial charge on any atom is -0.330 e. The van der Waals surface area contributed by atoms with E-state index in [0.717, 1.165) is 31.5 Å². The predicted molar refractivity (Wildman–Crippen MR) is 53.1 cm³/mol. The summed E-state index contributed by atoms with van der Waals surface area (Å²) in [5.74, 6) is 0.956. The highest BCUT2D eigenvalue weighted by Gasteiger charge is 2.16. The molecule has 1 rings (SSSR count). The molecule has 1 aliphatic rings. The van der Waals surface area contributed by atoms with E-state index in [2.05, 4.69) is 12.2 Å². The molecule has 0 unspecified atom stereocenters. The van der Waals surface area contributed by atoms with Gasteiger partial charge in [-0.15, -0.1) is 0 Å². The molecule has 72 valence electrons. The summed E-state index contributed by atoms with van der Waals surface area (Å²) in [6.45, 7) is 4.28. The van der Waals surface area contributed by atoms with E-state index in [9.17, 15) is 0 Å². The second-order valence-corrected chi connectivity index (χ2v) is 4.05. The first kappa shape index (κ1) is 10.0. The molecule has 0 aromatic carbocycles. The summed E-state index contributed by atoms with van der Waals surface area (Å²) in [5, 5.41) is 3.56. The van der Waals surface area contributed by atoms with Gasteiger partial charge in [0.05, 0.1) is 0 Å². The van der Waals surface area contributed by atoms with Crippen molar-refractivity contribution in [3.05, 3.63) is 0 Å². The molecule has 0 radical (unpaired) electrons. The molecule has 0 amide bonds. The van der Waals surface area contributed by atoms with Gasteiger partial charge in [-0.1, -0.05) is 6.92 Å². The van der Waals surface area contributed by atoms with Gasteiger partial charge in [-0.2, -0.15) is 0 Å². The Morgan fingerprint density at radius 1 is 1.25 bits per heavy atom. The van der Waals surface area contributed by atoms with E-state index < -0.39 is 0 Å². The Labute approximate surface area is 75.9 Å². The van der Waals surface area contributed by atoms with Gasteiger partial charge in [0.15, 0.2) is 0 Å². The first-order valence-electron chi connectivity index (χ1n) is 5.26. The standard InChI is InChI=1S/C10H22N2/c1-9-3-5-10(6-4-9)12-8-2-7-11/h9-10,12H,2-8,11H2,1H3. The van der Waals surface area contributed by atoms with Gasteiger partial charge in [-0.3, -0.25) is 0 Å². The second kappa shape index (κ2) is 5.55. The summed E-state index contributed by atoms with van der Waals surface area (Å²) in [5.41, 5.74) is 5.43. The van der Waals surface area contributed by atoms with Crippen LogP contribution in [0.25, 0.3) is 0 Å². The van der Waals surface area contributed by atoms with E-state index >= 15 is 0 Å². The maximum Gasteiger partial charge on any atom is 0.00672 e. The van der Waals surface area contributed by atoms with E-state index in [1.807, 2.05) is 0 Å². The molecule has 0 heterocycles. The Morgan fingerprint density at radius 3 is 2.50 bits per heavy atom. The van der Waals surface area contributed by atoms with Crippen LogP contribution >= 0.6 is 0 Å². The molecule has 1 aliphatic carbocycles. The Bertz CT molecular complexity index is 106. The smallest absolute Gasteiger partial charge is 0.00672 e. The summed E-state index contributed by atoms with van der Waals surface area (Å²) >= 11 is 0. The number of nitrogens with one attached hydrogen (secondary N) is 1. The first-order chi connectivity index (χ1) is 5.83. The van der Waals surface area contributed by atoms with Crippen LogP contribution in [0.1, 0.15) is 39.0 Å². The Balaban J connectivity index is 2.01. The number of nitrogens with two attached hydrogens (primary N) is 1. The Morgan fingerprint density at radius 2 is 1.92 bits per heavy atom. The van der Waals surface area contributed by atoms with E-state index in [0.29, 0.717) is 0 Å². The van der Waals surface area contributed by atoms with Crippen LogP contribution in [0.3, 0.4) is 0 Å². The van der Waals surface area contributed by atoms with Crippen molar-refractivity contribution in [2.75, 3.05) is 13.1 Å². The van der Waals surface area contributed by atoms with Crippen LogP contribution in [0.2, 0.25) is 0 Å². The van der Waals surface area contributed by atoms with E-state index in [1.165, 1.54) is 25.7 Å². The minimum absolute atomic E-state index is 0.785. The third-order valence-electron chi connectivity index (χ3n) is 2.83. The molecule has 0 aliphatic heterocycles. The maximum absolute atomic E-state index is 5.43. The summed E-state index contributed by atoms with van der Waals surface area (Å²) in [7, 11) is 0. The van der Waals surface area contributed by atoms with Gasteiger partial charge in [0.2, 0.25) is 0 Å². The normalized spacial score (nSPS) is 30.5. The average molecular weight is 170 g/mol. The van der Waals surface area contributed by atoms with Crippen molar-refractivity contribution >= 4 is 0 Å². The predicted octanol–water partition coefficient (Wildman–Crippen LogP) is 1.50. The lowest BCUT2D eigenvalue weighted by Gasteiger charge is -2.26. The molecule has 2 heteroatoms. The number of hydrogen-bond acceptors (Lipinski definition) is 2. The third-order valence-corrected chi connectivity index (χ3v) is 2.83. The highest BCUT2D eigenvalue weighted by Crippen LogP contribution is 2.23. The molecule has 0 atom stereocenters. The molecule has 0 aromatic heterocycles. The van der Waals surface area contributed by atoms with Crippen molar-refractivity contribution in [3.63, 3.8) is 0 Å². The van der Waals surface area contributed by atoms with Gasteiger partial charge >= 0.3 is 0 Å². The largest absolute Gasteiger partial charge is 0.330 e.